The Kier molecular flexibility index (Phi) is 163. The van der Waals surface area contributed by atoms with E-state index in [2.05, 4.69) is 13.8 Å². The number of benzene rings is 9. The molecule has 0 atom stereocenters. The number of hydrogen-bond donors (Lipinski definition) is 0. The fourth-order valence-electron chi connectivity index (χ4n) is 7.16. The Bertz CT molecular complexity index is 2660. The molecule has 0 saturated carbocycles. The molecule has 634 valence electrons. The van der Waals surface area contributed by atoms with Crippen LogP contribution in [0, 0.1) is 59.4 Å². The molecule has 4 heterocycles. The number of carbonyl (C=O) groups is 8. The van der Waals surface area contributed by atoms with Gasteiger partial charge in [-0.2, -0.15) is 0 Å². The summed E-state index contributed by atoms with van der Waals surface area (Å²) in [5.41, 5.74) is 4.04. The fraction of sp³-hybridized carbons (Fsp3) is 0.286. The molecule has 13 rings (SSSR count). The van der Waals surface area contributed by atoms with E-state index in [9.17, 15) is 38.4 Å². The predicted octanol–water partition coefficient (Wildman–Crippen LogP) is 28.0. The largest absolute Gasteiger partial charge is 2.00 e. The molecule has 4 aliphatic heterocycles. The molecule has 0 aromatic heterocycles. The third-order valence-corrected chi connectivity index (χ3v) is 11.3. The van der Waals surface area contributed by atoms with Gasteiger partial charge in [0.25, 0.3) is 47.3 Å². The molecule has 16 heteroatoms. The fourth-order valence-corrected chi connectivity index (χ4v) is 7.16. The summed E-state index contributed by atoms with van der Waals surface area (Å²) < 4.78 is 0. The first kappa shape index (κ1) is 159. The van der Waals surface area contributed by atoms with Crippen LogP contribution in [0.5, 0.6) is 0 Å². The summed E-state index contributed by atoms with van der Waals surface area (Å²) in [5, 5.41) is 0. The summed E-state index contributed by atoms with van der Waals surface area (Å²) in [6.45, 7) is 44.2. The molecule has 8 amide bonds. The number of imide groups is 4. The van der Waals surface area contributed by atoms with Crippen LogP contribution in [-0.2, 0) is 103 Å². The molecule has 0 aliphatic carbocycles. The second-order valence-electron chi connectivity index (χ2n) is 17.3. The van der Waals surface area contributed by atoms with Crippen molar-refractivity contribution in [3.63, 3.8) is 0 Å². The molecule has 0 spiro atoms. The van der Waals surface area contributed by atoms with Crippen molar-refractivity contribution in [3.8, 4) is 0 Å². The Balaban J connectivity index is -0.0000000467. The third-order valence-electron chi connectivity index (χ3n) is 11.3. The molecule has 0 fully saturated rings. The van der Waals surface area contributed by atoms with E-state index < -0.39 is 0 Å². The summed E-state index contributed by atoms with van der Waals surface area (Å²) in [4.78, 5) is 95.0. The first-order chi connectivity index (χ1) is 49.3. The van der Waals surface area contributed by atoms with Crippen molar-refractivity contribution in [3.05, 3.63) is 383 Å². The number of hydrogen-bond acceptors (Lipinski definition) is 8. The third kappa shape index (κ3) is 66.1. The van der Waals surface area contributed by atoms with E-state index in [1.807, 2.05) is 320 Å². The minimum absolute atomic E-state index is 0. The van der Waals surface area contributed by atoms with E-state index in [-0.39, 0.29) is 217 Å². The minimum Gasteiger partial charge on any atom is -0.358 e. The molecular formula is C98H154N4O8V2Y2-4. The average molecular weight is 1800 g/mol. The molecule has 0 unspecified atom stereocenters. The van der Waals surface area contributed by atoms with Crippen molar-refractivity contribution in [2.24, 2.45) is 0 Å². The first-order valence-corrected chi connectivity index (χ1v) is 35.9. The summed E-state index contributed by atoms with van der Waals surface area (Å²) in [6.07, 6.45) is 1.25. The van der Waals surface area contributed by atoms with Gasteiger partial charge >= 0.3 is 37.1 Å². The zero-order valence-electron chi connectivity index (χ0n) is 76.4. The minimum atomic E-state index is -0.212. The van der Waals surface area contributed by atoms with E-state index in [1.54, 1.807) is 97.1 Å². The summed E-state index contributed by atoms with van der Waals surface area (Å²) in [7, 11) is 5.96. The number of rotatable bonds is 0. The molecular weight excluding hydrogens is 1640 g/mol. The predicted molar refractivity (Wildman–Crippen MR) is 491 cm³/mol. The van der Waals surface area contributed by atoms with Gasteiger partial charge in [-0.1, -0.05) is 397 Å². The van der Waals surface area contributed by atoms with Gasteiger partial charge in [-0.15, -0.1) is 0 Å². The van der Waals surface area contributed by atoms with Crippen LogP contribution >= 0.6 is 0 Å². The van der Waals surface area contributed by atoms with Gasteiger partial charge in [0.2, 0.25) is 0 Å². The maximum Gasteiger partial charge on any atom is 2.00 e. The number of carbonyl (C=O) groups excluding carboxylic acids is 8. The van der Waals surface area contributed by atoms with Crippen molar-refractivity contribution in [1.82, 2.24) is 19.6 Å². The smallest absolute Gasteiger partial charge is 0.358 e. The van der Waals surface area contributed by atoms with Gasteiger partial charge in [-0.05, 0) is 48.5 Å². The monoisotopic (exact) mass is 1790 g/mol. The SMILES string of the molecule is C.CC.CC.CC.CC.CC.CC.CC.CC.CC.CC.CCC.CN1C(=O)c2ccccc2C1=O.CN1C(=O)c2ccccc2C1=O.CN1C(=O)c2ccccc2C1=O.CN1C(=O)c2ccccc2C1=O.[CH3-].[CH3-].[CH3-].[CH3-].[CH3-].[CH3-].[CH3-].[CH3-].[V+2].[V+2].[Y].[Y].c1ccccc1.c1ccccc1.c1ccccc1.c1ccccc1.c1ccccc1. The molecule has 9 aromatic carbocycles. The average Bonchev–Trinajstić information content (AvgIpc) is 1.68. The van der Waals surface area contributed by atoms with Crippen LogP contribution in [-0.4, -0.2) is 95.0 Å². The molecule has 9 aromatic rings. The molecule has 12 nitrogen and oxygen atoms in total. The molecule has 0 saturated heterocycles. The number of fused-ring (bicyclic) bond motifs is 4. The van der Waals surface area contributed by atoms with Gasteiger partial charge in [0.1, 0.15) is 0 Å². The Morgan fingerprint density at radius 2 is 0.228 bits per heavy atom. The zero-order valence-corrected chi connectivity index (χ0v) is 84.8. The standard InChI is InChI=1S/4C9H7NO2.5C6H6.C3H8.10C2H6.CH4.8CH3.2V.2Y/c4*1-10-8(11)6-4-2-3-5-7(6)9(10)12;5*1-2-4-6-5-3-1;1-3-2;10*1-2;;;;;;;;;;;;;/h4*2-5H,1H3;5*1-6H;3H2,1-2H3;10*1-2H3;1H4;8*1H3;;;;/q;;;;;;;;;;;;;;;;;;;;;8*-1;2*+2;;. The van der Waals surface area contributed by atoms with Crippen molar-refractivity contribution < 1.29 is 141 Å². The van der Waals surface area contributed by atoms with Gasteiger partial charge in [0, 0.05) is 93.6 Å². The summed E-state index contributed by atoms with van der Waals surface area (Å²) in [5.74, 6) is -1.70. The Morgan fingerprint density at radius 3 is 0.281 bits per heavy atom. The molecule has 0 bridgehead atoms. The first-order valence-electron chi connectivity index (χ1n) is 35.9. The van der Waals surface area contributed by atoms with Crippen molar-refractivity contribution in [2.45, 2.75) is 166 Å². The Hall–Kier alpha value is -7.08. The molecule has 114 heavy (non-hydrogen) atoms. The molecule has 4 radical (unpaired) electrons. The van der Waals surface area contributed by atoms with Crippen LogP contribution in [0.25, 0.3) is 0 Å². The van der Waals surface area contributed by atoms with Crippen LogP contribution in [0.15, 0.2) is 279 Å². The Morgan fingerprint density at radius 1 is 0.175 bits per heavy atom. The van der Waals surface area contributed by atoms with Crippen LogP contribution in [0.1, 0.15) is 249 Å². The maximum absolute atomic E-state index is 11.3. The van der Waals surface area contributed by atoms with E-state index in [4.69, 9.17) is 0 Å². The van der Waals surface area contributed by atoms with Crippen molar-refractivity contribution >= 4 is 47.3 Å². The van der Waals surface area contributed by atoms with Crippen LogP contribution < -0.4 is 0 Å². The van der Waals surface area contributed by atoms with E-state index in [1.165, 1.54) is 34.6 Å². The number of amides is 8. The topological polar surface area (TPSA) is 150 Å². The second kappa shape index (κ2) is 117. The van der Waals surface area contributed by atoms with E-state index in [0.29, 0.717) is 44.5 Å². The van der Waals surface area contributed by atoms with Crippen LogP contribution in [0.3, 0.4) is 0 Å². The van der Waals surface area contributed by atoms with Gasteiger partial charge in [0.05, 0.1) is 44.5 Å². The maximum atomic E-state index is 11.3. The number of nitrogens with zero attached hydrogens (tertiary/aromatic N) is 4. The summed E-state index contributed by atoms with van der Waals surface area (Å²) in [6, 6.07) is 87.4. The van der Waals surface area contributed by atoms with Gasteiger partial charge in [-0.25, -0.2) is 0 Å². The molecule has 4 aliphatic rings. The van der Waals surface area contributed by atoms with E-state index in [0.717, 1.165) is 19.6 Å². The Labute approximate surface area is 777 Å². The van der Waals surface area contributed by atoms with E-state index >= 15 is 0 Å². The van der Waals surface area contributed by atoms with Gasteiger partial charge in [-0.3, -0.25) is 58.0 Å². The van der Waals surface area contributed by atoms with Crippen molar-refractivity contribution in [2.75, 3.05) is 28.2 Å². The normalized spacial score (nSPS) is 9.21. The quantitative estimate of drug-likeness (QED) is 0.108. The second-order valence-corrected chi connectivity index (χ2v) is 17.3. The zero-order chi connectivity index (χ0) is 78.8. The van der Waals surface area contributed by atoms with Crippen LogP contribution in [0.2, 0.25) is 0 Å². The summed E-state index contributed by atoms with van der Waals surface area (Å²) >= 11 is 0. The molecule has 0 N–H and O–H groups in total. The van der Waals surface area contributed by atoms with Gasteiger partial charge in [0.15, 0.2) is 0 Å². The van der Waals surface area contributed by atoms with Crippen molar-refractivity contribution in [1.29, 1.82) is 0 Å². The van der Waals surface area contributed by atoms with Crippen LogP contribution in [0.4, 0.5) is 0 Å². The van der Waals surface area contributed by atoms with Gasteiger partial charge < -0.3 is 59.4 Å².